The van der Waals surface area contributed by atoms with Gasteiger partial charge in [0.25, 0.3) is 0 Å². The second-order valence-corrected chi connectivity index (χ2v) is 6.77. The summed E-state index contributed by atoms with van der Waals surface area (Å²) in [6.45, 7) is -0.106. The van der Waals surface area contributed by atoms with Gasteiger partial charge in [0.1, 0.15) is 13.2 Å². The maximum Gasteiger partial charge on any atom is 0.411 e. The number of methoxy groups -OCH3 is 1. The summed E-state index contributed by atoms with van der Waals surface area (Å²) in [5, 5.41) is 2.57. The molecular weight excluding hydrogens is 360 g/mol. The Morgan fingerprint density at radius 3 is 2.29 bits per heavy atom. The Balaban J connectivity index is 1.53. The van der Waals surface area contributed by atoms with Crippen molar-refractivity contribution in [3.8, 4) is 11.1 Å². The monoisotopic (exact) mass is 380 g/mol. The fraction of sp³-hybridized carbons (Fsp3) is 0.286. The topological polar surface area (TPSA) is 84.9 Å². The Hall–Kier alpha value is -3.35. The third-order valence-electron chi connectivity index (χ3n) is 5.23. The summed E-state index contributed by atoms with van der Waals surface area (Å²) in [4.78, 5) is 37.5. The van der Waals surface area contributed by atoms with Crippen molar-refractivity contribution >= 4 is 18.0 Å². The molecule has 2 aromatic rings. The molecule has 1 saturated heterocycles. The molecule has 4 rings (SSSR count). The predicted octanol–water partition coefficient (Wildman–Crippen LogP) is 1.91. The number of hydrogen-bond donors (Lipinski definition) is 1. The quantitative estimate of drug-likeness (QED) is 0.823. The van der Waals surface area contributed by atoms with Gasteiger partial charge in [-0.1, -0.05) is 48.5 Å². The van der Waals surface area contributed by atoms with Crippen molar-refractivity contribution in [2.75, 3.05) is 26.8 Å². The Morgan fingerprint density at radius 2 is 1.68 bits per heavy atom. The second kappa shape index (κ2) is 7.34. The van der Waals surface area contributed by atoms with Gasteiger partial charge >= 0.3 is 12.1 Å². The van der Waals surface area contributed by atoms with Crippen LogP contribution >= 0.6 is 0 Å². The van der Waals surface area contributed by atoms with Crippen LogP contribution in [0, 0.1) is 0 Å². The average Bonchev–Trinajstić information content (AvgIpc) is 3.05. The molecule has 2 amide bonds. The fourth-order valence-electron chi connectivity index (χ4n) is 3.86. The van der Waals surface area contributed by atoms with Gasteiger partial charge in [0, 0.05) is 12.5 Å². The zero-order chi connectivity index (χ0) is 19.7. The number of nitrogens with zero attached hydrogens (tertiary/aromatic N) is 1. The first-order valence-electron chi connectivity index (χ1n) is 9.06. The highest BCUT2D eigenvalue weighted by molar-refractivity contribution is 5.89. The van der Waals surface area contributed by atoms with Crippen molar-refractivity contribution < 1.29 is 23.9 Å². The van der Waals surface area contributed by atoms with Gasteiger partial charge in [-0.2, -0.15) is 0 Å². The van der Waals surface area contributed by atoms with Gasteiger partial charge in [-0.05, 0) is 22.3 Å². The van der Waals surface area contributed by atoms with Gasteiger partial charge < -0.3 is 14.8 Å². The van der Waals surface area contributed by atoms with E-state index in [1.165, 1.54) is 7.11 Å². The second-order valence-electron chi connectivity index (χ2n) is 6.77. The first-order valence-corrected chi connectivity index (χ1v) is 9.06. The molecule has 1 N–H and O–H groups in total. The van der Waals surface area contributed by atoms with Gasteiger partial charge in [0.2, 0.25) is 5.91 Å². The lowest BCUT2D eigenvalue weighted by atomic mass is 9.98. The number of nitrogens with one attached hydrogen (secondary N) is 1. The summed E-state index contributed by atoms with van der Waals surface area (Å²) in [7, 11) is 1.24. The molecule has 0 spiro atoms. The van der Waals surface area contributed by atoms with Gasteiger partial charge in [0.05, 0.1) is 7.11 Å². The predicted molar refractivity (Wildman–Crippen MR) is 101 cm³/mol. The molecule has 1 aliphatic carbocycles. The van der Waals surface area contributed by atoms with E-state index >= 15 is 0 Å². The standard InChI is InChI=1S/C21H20N2O5/c1-27-20(25)18-10-22-19(24)11-23(18)21(26)28-12-17-15-8-4-2-6-13(15)14-7-3-5-9-16(14)17/h2-9,17-18H,10-12H2,1H3,(H,22,24)/t18-/m0/s1. The molecular formula is C21H20N2O5. The molecule has 0 saturated carbocycles. The molecule has 1 fully saturated rings. The third kappa shape index (κ3) is 3.09. The molecule has 0 unspecified atom stereocenters. The molecule has 1 aliphatic heterocycles. The molecule has 28 heavy (non-hydrogen) atoms. The Labute approximate surface area is 162 Å². The third-order valence-corrected chi connectivity index (χ3v) is 5.23. The number of fused-ring (bicyclic) bond motifs is 3. The Kier molecular flexibility index (Phi) is 4.73. The summed E-state index contributed by atoms with van der Waals surface area (Å²) in [6.07, 6.45) is -0.702. The maximum atomic E-state index is 12.7. The molecule has 0 aromatic heterocycles. The van der Waals surface area contributed by atoms with E-state index in [9.17, 15) is 14.4 Å². The van der Waals surface area contributed by atoms with Gasteiger partial charge in [-0.15, -0.1) is 0 Å². The minimum Gasteiger partial charge on any atom is -0.467 e. The number of ether oxygens (including phenoxy) is 2. The van der Waals surface area contributed by atoms with Crippen molar-refractivity contribution in [3.63, 3.8) is 0 Å². The van der Waals surface area contributed by atoms with E-state index in [1.54, 1.807) is 0 Å². The van der Waals surface area contributed by atoms with Crippen molar-refractivity contribution in [2.24, 2.45) is 0 Å². The minimum atomic E-state index is -0.890. The van der Waals surface area contributed by atoms with Crippen molar-refractivity contribution in [2.45, 2.75) is 12.0 Å². The van der Waals surface area contributed by atoms with Crippen LogP contribution in [0.3, 0.4) is 0 Å². The zero-order valence-electron chi connectivity index (χ0n) is 15.4. The number of hydrogen-bond acceptors (Lipinski definition) is 5. The number of piperazine rings is 1. The van der Waals surface area contributed by atoms with Crippen LogP contribution in [-0.4, -0.2) is 55.7 Å². The number of carbonyl (C=O) groups is 3. The highest BCUT2D eigenvalue weighted by atomic mass is 16.6. The highest BCUT2D eigenvalue weighted by Crippen LogP contribution is 2.44. The van der Waals surface area contributed by atoms with E-state index in [-0.39, 0.29) is 31.5 Å². The molecule has 0 radical (unpaired) electrons. The van der Waals surface area contributed by atoms with E-state index in [1.807, 2.05) is 36.4 Å². The zero-order valence-corrected chi connectivity index (χ0v) is 15.4. The van der Waals surface area contributed by atoms with Crippen LogP contribution in [-0.2, 0) is 19.1 Å². The number of amides is 2. The SMILES string of the molecule is COC(=O)[C@@H]1CNC(=O)CN1C(=O)OCC1c2ccccc2-c2ccccc21. The van der Waals surface area contributed by atoms with Crippen molar-refractivity contribution in [1.29, 1.82) is 0 Å². The van der Waals surface area contributed by atoms with E-state index in [0.717, 1.165) is 27.2 Å². The molecule has 7 heteroatoms. The number of benzene rings is 2. The molecule has 7 nitrogen and oxygen atoms in total. The lowest BCUT2D eigenvalue weighted by molar-refractivity contribution is -0.148. The van der Waals surface area contributed by atoms with Crippen LogP contribution in [0.5, 0.6) is 0 Å². The Bertz CT molecular complexity index is 896. The normalized spacial score (nSPS) is 18.1. The average molecular weight is 380 g/mol. The fourth-order valence-corrected chi connectivity index (χ4v) is 3.86. The van der Waals surface area contributed by atoms with E-state index < -0.39 is 18.1 Å². The largest absolute Gasteiger partial charge is 0.467 e. The summed E-state index contributed by atoms with van der Waals surface area (Å²) in [5.41, 5.74) is 4.45. The minimum absolute atomic E-state index is 0.00963. The van der Waals surface area contributed by atoms with Crippen LogP contribution in [0.4, 0.5) is 4.79 Å². The molecule has 1 heterocycles. The number of esters is 1. The molecule has 0 bridgehead atoms. The Morgan fingerprint density at radius 1 is 1.07 bits per heavy atom. The smallest absolute Gasteiger partial charge is 0.411 e. The molecule has 144 valence electrons. The highest BCUT2D eigenvalue weighted by Gasteiger charge is 2.38. The van der Waals surface area contributed by atoms with Crippen LogP contribution < -0.4 is 5.32 Å². The number of rotatable bonds is 3. The van der Waals surface area contributed by atoms with Gasteiger partial charge in [-0.25, -0.2) is 9.59 Å². The van der Waals surface area contributed by atoms with Crippen molar-refractivity contribution in [3.05, 3.63) is 59.7 Å². The van der Waals surface area contributed by atoms with Gasteiger partial charge in [-0.3, -0.25) is 9.69 Å². The van der Waals surface area contributed by atoms with E-state index in [2.05, 4.69) is 17.4 Å². The summed E-state index contributed by atoms with van der Waals surface area (Å²) < 4.78 is 10.3. The van der Waals surface area contributed by atoms with E-state index in [4.69, 9.17) is 9.47 Å². The first kappa shape index (κ1) is 18.0. The van der Waals surface area contributed by atoms with Crippen LogP contribution in [0.1, 0.15) is 17.0 Å². The lowest BCUT2D eigenvalue weighted by Gasteiger charge is -2.32. The van der Waals surface area contributed by atoms with Crippen LogP contribution in [0.2, 0.25) is 0 Å². The summed E-state index contributed by atoms with van der Waals surface area (Å²) >= 11 is 0. The van der Waals surface area contributed by atoms with Gasteiger partial charge in [0.15, 0.2) is 6.04 Å². The number of carbonyl (C=O) groups excluding carboxylic acids is 3. The molecule has 2 aromatic carbocycles. The maximum absolute atomic E-state index is 12.7. The first-order chi connectivity index (χ1) is 13.6. The lowest BCUT2D eigenvalue weighted by Crippen LogP contribution is -2.59. The van der Waals surface area contributed by atoms with E-state index in [0.29, 0.717) is 0 Å². The molecule has 2 aliphatic rings. The summed E-state index contributed by atoms with van der Waals surface area (Å²) in [5.74, 6) is -1.02. The molecule has 1 atom stereocenters. The van der Waals surface area contributed by atoms with Crippen LogP contribution in [0.15, 0.2) is 48.5 Å². The summed E-state index contributed by atoms with van der Waals surface area (Å²) in [6, 6.07) is 15.2. The van der Waals surface area contributed by atoms with Crippen molar-refractivity contribution in [1.82, 2.24) is 10.2 Å². The van der Waals surface area contributed by atoms with Crippen LogP contribution in [0.25, 0.3) is 11.1 Å².